The molecule has 3 fully saturated rings. The second-order valence-corrected chi connectivity index (χ2v) is 8.08. The number of aromatic nitrogens is 3. The molecule has 1 amide bonds. The molecule has 0 unspecified atom stereocenters. The lowest BCUT2D eigenvalue weighted by molar-refractivity contribution is -0.133. The first kappa shape index (κ1) is 18.8. The lowest BCUT2D eigenvalue weighted by Gasteiger charge is -2.33. The third-order valence-corrected chi connectivity index (χ3v) is 6.16. The fourth-order valence-corrected chi connectivity index (χ4v) is 4.47. The van der Waals surface area contributed by atoms with Crippen LogP contribution in [0, 0.1) is 0 Å². The van der Waals surface area contributed by atoms with E-state index in [4.69, 9.17) is 4.74 Å². The summed E-state index contributed by atoms with van der Waals surface area (Å²) in [5, 5.41) is 8.97. The Kier molecular flexibility index (Phi) is 6.04. The van der Waals surface area contributed by atoms with Crippen molar-refractivity contribution in [3.05, 3.63) is 11.6 Å². The zero-order valence-corrected chi connectivity index (χ0v) is 16.5. The fourth-order valence-electron chi connectivity index (χ4n) is 4.47. The van der Waals surface area contributed by atoms with Gasteiger partial charge in [0, 0.05) is 39.1 Å². The van der Waals surface area contributed by atoms with E-state index in [1.807, 2.05) is 4.90 Å². The van der Waals surface area contributed by atoms with E-state index in [1.165, 1.54) is 12.8 Å². The molecule has 0 N–H and O–H groups in total. The highest BCUT2D eigenvalue weighted by atomic mass is 16.5. The lowest BCUT2D eigenvalue weighted by atomic mass is 9.97. The topological polar surface area (TPSA) is 66.7 Å². The highest BCUT2D eigenvalue weighted by Gasteiger charge is 2.29. The summed E-state index contributed by atoms with van der Waals surface area (Å²) in [7, 11) is 2.07. The van der Waals surface area contributed by atoms with Crippen LogP contribution in [0.1, 0.15) is 43.3 Å². The number of hydrogen-bond donors (Lipinski definition) is 0. The van der Waals surface area contributed by atoms with Crippen LogP contribution in [-0.4, -0.2) is 94.4 Å². The number of morpholine rings is 1. The zero-order chi connectivity index (χ0) is 18.6. The molecule has 1 atom stereocenters. The summed E-state index contributed by atoms with van der Waals surface area (Å²) in [6.07, 6.45) is 4.57. The first-order valence-corrected chi connectivity index (χ1v) is 10.4. The number of hydrogen-bond acceptors (Lipinski definition) is 6. The molecule has 1 aromatic heterocycles. The summed E-state index contributed by atoms with van der Waals surface area (Å²) in [5.41, 5.74) is 0. The van der Waals surface area contributed by atoms with Crippen molar-refractivity contribution in [2.45, 2.75) is 38.1 Å². The molecular formula is C19H32N6O2. The van der Waals surface area contributed by atoms with Gasteiger partial charge in [0.05, 0.1) is 26.3 Å². The Bertz CT molecular complexity index is 636. The third kappa shape index (κ3) is 4.50. The average molecular weight is 377 g/mol. The minimum absolute atomic E-state index is 0.275. The van der Waals surface area contributed by atoms with Gasteiger partial charge in [-0.3, -0.25) is 14.6 Å². The summed E-state index contributed by atoms with van der Waals surface area (Å²) in [4.78, 5) is 19.4. The van der Waals surface area contributed by atoms with Crippen molar-refractivity contribution < 1.29 is 9.53 Å². The second-order valence-electron chi connectivity index (χ2n) is 8.08. The van der Waals surface area contributed by atoms with Crippen molar-refractivity contribution in [1.82, 2.24) is 29.5 Å². The Morgan fingerprint density at radius 3 is 2.59 bits per heavy atom. The summed E-state index contributed by atoms with van der Waals surface area (Å²) in [6.45, 7) is 8.66. The number of rotatable bonds is 5. The van der Waals surface area contributed by atoms with E-state index >= 15 is 0 Å². The molecule has 8 heteroatoms. The van der Waals surface area contributed by atoms with Crippen molar-refractivity contribution in [3.8, 4) is 0 Å². The van der Waals surface area contributed by atoms with Crippen LogP contribution in [0.2, 0.25) is 0 Å². The van der Waals surface area contributed by atoms with Gasteiger partial charge in [0.25, 0.3) is 0 Å². The summed E-state index contributed by atoms with van der Waals surface area (Å²) in [5.74, 6) is 2.60. The van der Waals surface area contributed by atoms with Crippen LogP contribution in [0.15, 0.2) is 0 Å². The van der Waals surface area contributed by atoms with E-state index in [0.717, 1.165) is 83.5 Å². The molecular weight excluding hydrogens is 344 g/mol. The molecule has 4 heterocycles. The molecule has 4 rings (SSSR count). The van der Waals surface area contributed by atoms with E-state index in [2.05, 4.69) is 31.6 Å². The summed E-state index contributed by atoms with van der Waals surface area (Å²) < 4.78 is 7.57. The molecule has 0 aromatic carbocycles. The highest BCUT2D eigenvalue weighted by molar-refractivity contribution is 5.78. The zero-order valence-electron chi connectivity index (χ0n) is 16.5. The molecule has 0 saturated carbocycles. The van der Waals surface area contributed by atoms with Gasteiger partial charge in [0.2, 0.25) is 5.91 Å². The first-order chi connectivity index (χ1) is 13.2. The Morgan fingerprint density at radius 2 is 1.81 bits per heavy atom. The van der Waals surface area contributed by atoms with Crippen LogP contribution in [0.3, 0.4) is 0 Å². The van der Waals surface area contributed by atoms with Gasteiger partial charge in [-0.25, -0.2) is 0 Å². The van der Waals surface area contributed by atoms with Crippen molar-refractivity contribution in [1.29, 1.82) is 0 Å². The van der Waals surface area contributed by atoms with Crippen LogP contribution in [-0.2, 0) is 23.1 Å². The van der Waals surface area contributed by atoms with Crippen molar-refractivity contribution in [2.24, 2.45) is 7.05 Å². The van der Waals surface area contributed by atoms with Crippen LogP contribution in [0.5, 0.6) is 0 Å². The molecule has 3 aliphatic heterocycles. The highest BCUT2D eigenvalue weighted by Crippen LogP contribution is 2.26. The maximum Gasteiger partial charge on any atom is 0.236 e. The summed E-state index contributed by atoms with van der Waals surface area (Å²) in [6, 6.07) is 0. The predicted molar refractivity (Wildman–Crippen MR) is 101 cm³/mol. The van der Waals surface area contributed by atoms with Gasteiger partial charge in [-0.15, -0.1) is 10.2 Å². The Hall–Kier alpha value is -1.51. The van der Waals surface area contributed by atoms with Crippen molar-refractivity contribution in [2.75, 3.05) is 59.0 Å². The minimum atomic E-state index is 0.275. The first-order valence-electron chi connectivity index (χ1n) is 10.4. The Labute approximate surface area is 161 Å². The van der Waals surface area contributed by atoms with E-state index < -0.39 is 0 Å². The van der Waals surface area contributed by atoms with E-state index in [-0.39, 0.29) is 11.8 Å². The molecule has 0 bridgehead atoms. The standard InChI is InChI=1S/C19H32N6O2/c1-22-17(14-24-9-11-27-12-10-24)20-21-19(22)16-5-4-8-25(13-16)18(26)15-23-6-2-3-7-23/h16H,2-15H2,1H3/t16-/m0/s1. The molecule has 27 heavy (non-hydrogen) atoms. The third-order valence-electron chi connectivity index (χ3n) is 6.16. The SMILES string of the molecule is Cn1c(CN2CCOCC2)nnc1[C@H]1CCCN(C(=O)CN2CCCC2)C1. The fraction of sp³-hybridized carbons (Fsp3) is 0.842. The maximum atomic E-state index is 12.7. The predicted octanol–water partition coefficient (Wildman–Crippen LogP) is 0.449. The molecule has 0 aliphatic carbocycles. The van der Waals surface area contributed by atoms with Gasteiger partial charge in [0.1, 0.15) is 11.6 Å². The normalized spacial score (nSPS) is 25.2. The molecule has 3 aliphatic rings. The number of piperidine rings is 1. The summed E-state index contributed by atoms with van der Waals surface area (Å²) >= 11 is 0. The largest absolute Gasteiger partial charge is 0.379 e. The number of carbonyl (C=O) groups is 1. The van der Waals surface area contributed by atoms with E-state index in [0.29, 0.717) is 6.54 Å². The molecule has 0 spiro atoms. The number of likely N-dealkylation sites (tertiary alicyclic amines) is 2. The van der Waals surface area contributed by atoms with Crippen LogP contribution < -0.4 is 0 Å². The van der Waals surface area contributed by atoms with Gasteiger partial charge < -0.3 is 14.2 Å². The van der Waals surface area contributed by atoms with Crippen molar-refractivity contribution in [3.63, 3.8) is 0 Å². The second kappa shape index (κ2) is 8.67. The molecule has 150 valence electrons. The molecule has 3 saturated heterocycles. The van der Waals surface area contributed by atoms with Gasteiger partial charge in [-0.2, -0.15) is 0 Å². The van der Waals surface area contributed by atoms with Crippen molar-refractivity contribution >= 4 is 5.91 Å². The van der Waals surface area contributed by atoms with Gasteiger partial charge in [-0.05, 0) is 38.8 Å². The van der Waals surface area contributed by atoms with E-state index in [9.17, 15) is 4.79 Å². The lowest BCUT2D eigenvalue weighted by Crippen LogP contribution is -2.44. The Balaban J connectivity index is 1.36. The Morgan fingerprint density at radius 1 is 1.04 bits per heavy atom. The number of nitrogens with zero attached hydrogens (tertiary/aromatic N) is 6. The van der Waals surface area contributed by atoms with Gasteiger partial charge in [0.15, 0.2) is 0 Å². The van der Waals surface area contributed by atoms with Crippen LogP contribution in [0.4, 0.5) is 0 Å². The number of ether oxygens (including phenoxy) is 1. The number of amides is 1. The maximum absolute atomic E-state index is 12.7. The quantitative estimate of drug-likeness (QED) is 0.743. The number of carbonyl (C=O) groups excluding carboxylic acids is 1. The smallest absolute Gasteiger partial charge is 0.236 e. The van der Waals surface area contributed by atoms with Gasteiger partial charge >= 0.3 is 0 Å². The van der Waals surface area contributed by atoms with Crippen LogP contribution in [0.25, 0.3) is 0 Å². The van der Waals surface area contributed by atoms with Crippen LogP contribution >= 0.6 is 0 Å². The van der Waals surface area contributed by atoms with E-state index in [1.54, 1.807) is 0 Å². The molecule has 1 aromatic rings. The molecule has 8 nitrogen and oxygen atoms in total. The minimum Gasteiger partial charge on any atom is -0.379 e. The monoisotopic (exact) mass is 376 g/mol. The molecule has 0 radical (unpaired) electrons. The van der Waals surface area contributed by atoms with Gasteiger partial charge in [-0.1, -0.05) is 0 Å². The average Bonchev–Trinajstić information content (AvgIpc) is 3.33.